The van der Waals surface area contributed by atoms with Crippen LogP contribution < -0.4 is 5.32 Å². The van der Waals surface area contributed by atoms with Crippen LogP contribution in [0.4, 0.5) is 4.39 Å². The zero-order valence-corrected chi connectivity index (χ0v) is 11.0. The molecule has 0 amide bonds. The van der Waals surface area contributed by atoms with Crippen LogP contribution in [0, 0.1) is 5.82 Å². The van der Waals surface area contributed by atoms with Gasteiger partial charge in [-0.15, -0.1) is 0 Å². The topological polar surface area (TPSA) is 15.3 Å². The standard InChI is InChI=1S/C15H21FN2/c1-17-13-3-2-8-18(10-13)15-7-5-11-4-6-12(16)9-14(11)15/h4,6,9,13,15,17H,2-3,5,7-8,10H2,1H3. The first-order valence-corrected chi connectivity index (χ1v) is 6.97. The lowest BCUT2D eigenvalue weighted by atomic mass is 10.0. The Hall–Kier alpha value is -0.930. The molecule has 2 nitrogen and oxygen atoms in total. The lowest BCUT2D eigenvalue weighted by Gasteiger charge is -2.37. The summed E-state index contributed by atoms with van der Waals surface area (Å²) in [5.74, 6) is -0.0946. The Balaban J connectivity index is 1.81. The number of hydrogen-bond acceptors (Lipinski definition) is 2. The number of likely N-dealkylation sites (tertiary alicyclic amines) is 1. The van der Waals surface area contributed by atoms with E-state index in [1.165, 1.54) is 24.0 Å². The van der Waals surface area contributed by atoms with E-state index in [1.807, 2.05) is 13.1 Å². The van der Waals surface area contributed by atoms with Gasteiger partial charge in [-0.05, 0) is 62.5 Å². The van der Waals surface area contributed by atoms with Crippen molar-refractivity contribution in [1.29, 1.82) is 0 Å². The molecule has 1 aliphatic carbocycles. The Morgan fingerprint density at radius 2 is 2.22 bits per heavy atom. The van der Waals surface area contributed by atoms with Crippen LogP contribution in [0.1, 0.15) is 36.4 Å². The Kier molecular flexibility index (Phi) is 3.35. The van der Waals surface area contributed by atoms with E-state index in [9.17, 15) is 4.39 Å². The smallest absolute Gasteiger partial charge is 0.123 e. The molecule has 98 valence electrons. The van der Waals surface area contributed by atoms with E-state index in [0.29, 0.717) is 12.1 Å². The van der Waals surface area contributed by atoms with Crippen LogP contribution in [-0.2, 0) is 6.42 Å². The molecule has 2 aliphatic rings. The predicted molar refractivity (Wildman–Crippen MR) is 71.1 cm³/mol. The van der Waals surface area contributed by atoms with Gasteiger partial charge in [0, 0.05) is 18.6 Å². The van der Waals surface area contributed by atoms with Gasteiger partial charge in [0.15, 0.2) is 0 Å². The molecule has 1 heterocycles. The van der Waals surface area contributed by atoms with Gasteiger partial charge >= 0.3 is 0 Å². The molecule has 2 atom stereocenters. The second kappa shape index (κ2) is 4.98. The molecule has 1 saturated heterocycles. The number of halogens is 1. The molecule has 3 rings (SSSR count). The monoisotopic (exact) mass is 248 g/mol. The predicted octanol–water partition coefficient (Wildman–Crippen LogP) is 2.50. The zero-order chi connectivity index (χ0) is 12.5. The summed E-state index contributed by atoms with van der Waals surface area (Å²) < 4.78 is 13.4. The van der Waals surface area contributed by atoms with Gasteiger partial charge in [-0.25, -0.2) is 4.39 Å². The maximum absolute atomic E-state index is 13.4. The Morgan fingerprint density at radius 3 is 3.06 bits per heavy atom. The molecule has 0 radical (unpaired) electrons. The summed E-state index contributed by atoms with van der Waals surface area (Å²) in [6.45, 7) is 2.25. The number of nitrogens with zero attached hydrogens (tertiary/aromatic N) is 1. The highest BCUT2D eigenvalue weighted by Gasteiger charge is 2.31. The lowest BCUT2D eigenvalue weighted by molar-refractivity contribution is 0.139. The maximum Gasteiger partial charge on any atom is 0.123 e. The van der Waals surface area contributed by atoms with Crippen molar-refractivity contribution in [2.24, 2.45) is 0 Å². The van der Waals surface area contributed by atoms with Gasteiger partial charge < -0.3 is 5.32 Å². The summed E-state index contributed by atoms with van der Waals surface area (Å²) in [7, 11) is 2.04. The molecule has 0 saturated carbocycles. The van der Waals surface area contributed by atoms with E-state index in [4.69, 9.17) is 0 Å². The van der Waals surface area contributed by atoms with Gasteiger partial charge in [0.2, 0.25) is 0 Å². The van der Waals surface area contributed by atoms with E-state index < -0.39 is 0 Å². The molecular weight excluding hydrogens is 227 g/mol. The Labute approximate surface area is 108 Å². The van der Waals surface area contributed by atoms with E-state index in [-0.39, 0.29) is 5.82 Å². The van der Waals surface area contributed by atoms with Gasteiger partial charge in [-0.1, -0.05) is 6.07 Å². The van der Waals surface area contributed by atoms with Crippen molar-refractivity contribution < 1.29 is 4.39 Å². The molecule has 18 heavy (non-hydrogen) atoms. The first-order valence-electron chi connectivity index (χ1n) is 6.97. The third-order valence-electron chi connectivity index (χ3n) is 4.46. The minimum Gasteiger partial charge on any atom is -0.316 e. The van der Waals surface area contributed by atoms with Crippen molar-refractivity contribution in [3.05, 3.63) is 35.1 Å². The summed E-state index contributed by atoms with van der Waals surface area (Å²) in [6, 6.07) is 6.33. The highest BCUT2D eigenvalue weighted by atomic mass is 19.1. The minimum absolute atomic E-state index is 0.0946. The molecule has 0 bridgehead atoms. The maximum atomic E-state index is 13.4. The average Bonchev–Trinajstić information content (AvgIpc) is 2.81. The van der Waals surface area contributed by atoms with Crippen molar-refractivity contribution in [2.75, 3.05) is 20.1 Å². The third kappa shape index (κ3) is 2.17. The van der Waals surface area contributed by atoms with Crippen LogP contribution in [0.5, 0.6) is 0 Å². The first-order chi connectivity index (χ1) is 8.78. The number of rotatable bonds is 2. The van der Waals surface area contributed by atoms with E-state index in [2.05, 4.69) is 10.2 Å². The number of aryl methyl sites for hydroxylation is 1. The number of likely N-dealkylation sites (N-methyl/N-ethyl adjacent to an activating group) is 1. The van der Waals surface area contributed by atoms with Crippen LogP contribution in [0.25, 0.3) is 0 Å². The summed E-state index contributed by atoms with van der Waals surface area (Å²) >= 11 is 0. The largest absolute Gasteiger partial charge is 0.316 e. The molecule has 0 aromatic heterocycles. The number of nitrogens with one attached hydrogen (secondary N) is 1. The minimum atomic E-state index is -0.0946. The normalized spacial score (nSPS) is 28.3. The van der Waals surface area contributed by atoms with Crippen LogP contribution in [-0.4, -0.2) is 31.1 Å². The third-order valence-corrected chi connectivity index (χ3v) is 4.46. The summed E-state index contributed by atoms with van der Waals surface area (Å²) in [5.41, 5.74) is 2.57. The summed E-state index contributed by atoms with van der Waals surface area (Å²) in [5, 5.41) is 3.38. The highest BCUT2D eigenvalue weighted by Crippen LogP contribution is 2.37. The van der Waals surface area contributed by atoms with E-state index in [1.54, 1.807) is 12.1 Å². The second-order valence-electron chi connectivity index (χ2n) is 5.52. The van der Waals surface area contributed by atoms with E-state index >= 15 is 0 Å². The fraction of sp³-hybridized carbons (Fsp3) is 0.600. The number of piperidine rings is 1. The van der Waals surface area contributed by atoms with Crippen molar-refractivity contribution >= 4 is 0 Å². The van der Waals surface area contributed by atoms with Crippen molar-refractivity contribution in [2.45, 2.75) is 37.8 Å². The fourth-order valence-corrected chi connectivity index (χ4v) is 3.46. The molecule has 1 aromatic carbocycles. The van der Waals surface area contributed by atoms with Gasteiger partial charge in [0.05, 0.1) is 0 Å². The molecular formula is C15H21FN2. The zero-order valence-electron chi connectivity index (χ0n) is 11.0. The van der Waals surface area contributed by atoms with Gasteiger partial charge in [0.1, 0.15) is 5.82 Å². The molecule has 1 aliphatic heterocycles. The molecule has 1 fully saturated rings. The van der Waals surface area contributed by atoms with Crippen LogP contribution >= 0.6 is 0 Å². The SMILES string of the molecule is CNC1CCCN(C2CCc3ccc(F)cc32)C1. The van der Waals surface area contributed by atoms with Gasteiger partial charge in [-0.3, -0.25) is 4.90 Å². The van der Waals surface area contributed by atoms with Crippen LogP contribution in [0.2, 0.25) is 0 Å². The molecule has 2 unspecified atom stereocenters. The number of benzene rings is 1. The quantitative estimate of drug-likeness (QED) is 0.865. The molecule has 0 spiro atoms. The highest BCUT2D eigenvalue weighted by molar-refractivity contribution is 5.35. The van der Waals surface area contributed by atoms with Crippen molar-refractivity contribution in [3.63, 3.8) is 0 Å². The van der Waals surface area contributed by atoms with Gasteiger partial charge in [-0.2, -0.15) is 0 Å². The fourth-order valence-electron chi connectivity index (χ4n) is 3.46. The van der Waals surface area contributed by atoms with E-state index in [0.717, 1.165) is 25.9 Å². The van der Waals surface area contributed by atoms with Crippen molar-refractivity contribution in [3.8, 4) is 0 Å². The molecule has 1 aromatic rings. The molecule has 1 N–H and O–H groups in total. The summed E-state index contributed by atoms with van der Waals surface area (Å²) in [6.07, 6.45) is 4.75. The van der Waals surface area contributed by atoms with Crippen LogP contribution in [0.15, 0.2) is 18.2 Å². The van der Waals surface area contributed by atoms with Gasteiger partial charge in [0.25, 0.3) is 0 Å². The van der Waals surface area contributed by atoms with Crippen molar-refractivity contribution in [1.82, 2.24) is 10.2 Å². The number of fused-ring (bicyclic) bond motifs is 1. The Morgan fingerprint density at radius 1 is 1.33 bits per heavy atom. The molecule has 3 heteroatoms. The number of hydrogen-bond donors (Lipinski definition) is 1. The average molecular weight is 248 g/mol. The second-order valence-corrected chi connectivity index (χ2v) is 5.52. The first kappa shape index (κ1) is 12.1. The van der Waals surface area contributed by atoms with Crippen LogP contribution in [0.3, 0.4) is 0 Å². The lowest BCUT2D eigenvalue weighted by Crippen LogP contribution is -2.45. The summed E-state index contributed by atoms with van der Waals surface area (Å²) in [4.78, 5) is 2.54. The Bertz CT molecular complexity index is 433.